The fraction of sp³-hybridized carbons (Fsp3) is 0.375. The third-order valence-electron chi connectivity index (χ3n) is 3.29. The molecule has 0 saturated carbocycles. The van der Waals surface area contributed by atoms with E-state index in [0.29, 0.717) is 0 Å². The molecule has 1 nitrogen and oxygen atoms in total. The van der Waals surface area contributed by atoms with Gasteiger partial charge in [-0.25, -0.2) is 11.3 Å². The van der Waals surface area contributed by atoms with E-state index >= 15 is 0 Å². The van der Waals surface area contributed by atoms with E-state index in [1.165, 1.54) is 10.4 Å². The van der Waals surface area contributed by atoms with Crippen LogP contribution in [0.25, 0.3) is 0 Å². The first-order chi connectivity index (χ1) is 8.51. The maximum absolute atomic E-state index is 5.96. The molecule has 0 amide bonds. The van der Waals surface area contributed by atoms with Crippen molar-refractivity contribution in [2.75, 3.05) is 0 Å². The minimum atomic E-state index is -1.66. The number of halogens is 2. The van der Waals surface area contributed by atoms with Gasteiger partial charge >= 0.3 is 21.7 Å². The van der Waals surface area contributed by atoms with Crippen molar-refractivity contribution in [3.05, 3.63) is 47.7 Å². The average molecular weight is 376 g/mol. The molecule has 0 aliphatic heterocycles. The van der Waals surface area contributed by atoms with E-state index in [0.717, 1.165) is 12.2 Å². The van der Waals surface area contributed by atoms with Crippen LogP contribution in [0.4, 0.5) is 0 Å². The number of benzene rings is 1. The molecule has 1 aliphatic carbocycles. The maximum atomic E-state index is 5.96. The van der Waals surface area contributed by atoms with Crippen LogP contribution in [-0.4, -0.2) is 14.2 Å². The van der Waals surface area contributed by atoms with Crippen molar-refractivity contribution in [3.8, 4) is 5.75 Å². The van der Waals surface area contributed by atoms with Crippen LogP contribution < -0.4 is 34.7 Å². The molecule has 21 heavy (non-hydrogen) atoms. The van der Waals surface area contributed by atoms with E-state index in [4.69, 9.17) is 4.74 Å². The first kappa shape index (κ1) is 23.3. The summed E-state index contributed by atoms with van der Waals surface area (Å²) in [6.07, 6.45) is 9.09. The molecule has 0 unspecified atom stereocenters. The number of para-hydroxylation sites is 1. The maximum Gasteiger partial charge on any atom is 3.00 e. The van der Waals surface area contributed by atoms with Gasteiger partial charge in [-0.05, 0) is 25.1 Å². The molecule has 0 aromatic heterocycles. The Hall–Kier alpha value is 0.0112. The molecule has 113 valence electrons. The van der Waals surface area contributed by atoms with E-state index < -0.39 is 8.07 Å². The Kier molecular flexibility index (Phi) is 11.0. The van der Waals surface area contributed by atoms with Gasteiger partial charge in [0, 0.05) is 0 Å². The van der Waals surface area contributed by atoms with Crippen molar-refractivity contribution in [1.82, 2.24) is 0 Å². The smallest absolute Gasteiger partial charge is 1.00 e. The SMILES string of the molecule is CC(C)Oc1ccccc1[Si](C)(C)C1=[C-]CC=C1.[Cl-].[Cl-].[Ti+3]. The summed E-state index contributed by atoms with van der Waals surface area (Å²) in [4.78, 5) is 0. The molecular formula is C16H21Cl2OSiTi. The molecular weight excluding hydrogens is 355 g/mol. The third-order valence-corrected chi connectivity index (χ3v) is 6.74. The van der Waals surface area contributed by atoms with Crippen molar-refractivity contribution in [1.29, 1.82) is 0 Å². The first-order valence-corrected chi connectivity index (χ1v) is 9.56. The minimum absolute atomic E-state index is 0. The number of ether oxygens (including phenoxy) is 1. The average Bonchev–Trinajstić information content (AvgIpc) is 2.82. The summed E-state index contributed by atoms with van der Waals surface area (Å²) >= 11 is 0. The summed E-state index contributed by atoms with van der Waals surface area (Å²) < 4.78 is 5.96. The summed E-state index contributed by atoms with van der Waals surface area (Å²) in [5.41, 5.74) is 0. The van der Waals surface area contributed by atoms with Gasteiger partial charge in [-0.15, -0.1) is 6.42 Å². The molecule has 1 aromatic carbocycles. The van der Waals surface area contributed by atoms with Crippen molar-refractivity contribution < 1.29 is 51.3 Å². The van der Waals surface area contributed by atoms with Crippen molar-refractivity contribution >= 4 is 13.3 Å². The van der Waals surface area contributed by atoms with E-state index in [1.807, 2.05) is 6.07 Å². The Morgan fingerprint density at radius 1 is 1.14 bits per heavy atom. The van der Waals surface area contributed by atoms with Crippen LogP contribution in [0.2, 0.25) is 13.1 Å². The molecule has 0 spiro atoms. The normalized spacial score (nSPS) is 12.9. The quantitative estimate of drug-likeness (QED) is 0.422. The van der Waals surface area contributed by atoms with Gasteiger partial charge in [-0.2, -0.15) is 6.08 Å². The minimum Gasteiger partial charge on any atom is -1.00 e. The number of allylic oxidation sites excluding steroid dienone is 4. The van der Waals surface area contributed by atoms with Crippen molar-refractivity contribution in [3.63, 3.8) is 0 Å². The van der Waals surface area contributed by atoms with Crippen LogP contribution in [0.5, 0.6) is 5.75 Å². The van der Waals surface area contributed by atoms with E-state index in [-0.39, 0.29) is 52.6 Å². The first-order valence-electron chi connectivity index (χ1n) is 6.56. The predicted molar refractivity (Wildman–Crippen MR) is 79.8 cm³/mol. The second-order valence-corrected chi connectivity index (χ2v) is 9.81. The molecule has 5 heteroatoms. The number of hydrogen-bond acceptors (Lipinski definition) is 1. The second-order valence-electron chi connectivity index (χ2n) is 5.48. The van der Waals surface area contributed by atoms with Gasteiger partial charge in [0.1, 0.15) is 5.75 Å². The van der Waals surface area contributed by atoms with E-state index in [1.54, 1.807) is 0 Å². The summed E-state index contributed by atoms with van der Waals surface area (Å²) in [5.74, 6) is 1.04. The van der Waals surface area contributed by atoms with Crippen LogP contribution in [0.3, 0.4) is 0 Å². The third kappa shape index (κ3) is 5.61. The molecule has 0 atom stereocenters. The molecule has 0 heterocycles. The second kappa shape index (κ2) is 9.91. The molecule has 0 saturated heterocycles. The zero-order chi connectivity index (χ0) is 13.2. The summed E-state index contributed by atoms with van der Waals surface area (Å²) in [5, 5.41) is 2.76. The van der Waals surface area contributed by atoms with Crippen LogP contribution >= 0.6 is 0 Å². The molecule has 0 N–H and O–H groups in total. The molecule has 1 aromatic rings. The predicted octanol–water partition coefficient (Wildman–Crippen LogP) is -2.38. The fourth-order valence-corrected chi connectivity index (χ4v) is 4.96. The summed E-state index contributed by atoms with van der Waals surface area (Å²) in [7, 11) is -1.66. The Balaban J connectivity index is 0. The van der Waals surface area contributed by atoms with Crippen LogP contribution in [0, 0.1) is 6.08 Å². The van der Waals surface area contributed by atoms with Gasteiger partial charge in [-0.1, -0.05) is 31.3 Å². The van der Waals surface area contributed by atoms with Gasteiger partial charge in [-0.3, -0.25) is 6.08 Å². The van der Waals surface area contributed by atoms with Gasteiger partial charge in [0.25, 0.3) is 0 Å². The fourth-order valence-electron chi connectivity index (χ4n) is 2.32. The topological polar surface area (TPSA) is 9.23 Å². The zero-order valence-electron chi connectivity index (χ0n) is 12.9. The monoisotopic (exact) mass is 375 g/mol. The van der Waals surface area contributed by atoms with E-state index in [2.05, 4.69) is 63.4 Å². The largest absolute Gasteiger partial charge is 3.00 e. The van der Waals surface area contributed by atoms with Crippen LogP contribution in [-0.2, 0) is 21.7 Å². The Morgan fingerprint density at radius 2 is 1.76 bits per heavy atom. The standard InChI is InChI=1S/C16H21OSi.2ClH.Ti/c1-13(2)17-15-11-7-8-12-16(15)18(3,4)14-9-5-6-10-14;;;/h5,7-9,11-13H,6H2,1-4H3;2*1H;/q-1;;;+3/p-2. The van der Waals surface area contributed by atoms with E-state index in [9.17, 15) is 0 Å². The van der Waals surface area contributed by atoms with Crippen LogP contribution in [0.1, 0.15) is 20.3 Å². The zero-order valence-corrected chi connectivity index (χ0v) is 17.0. The van der Waals surface area contributed by atoms with Gasteiger partial charge in [0.15, 0.2) is 0 Å². The Bertz CT molecular complexity index is 499. The Labute approximate surface area is 157 Å². The van der Waals surface area contributed by atoms with Crippen molar-refractivity contribution in [2.45, 2.75) is 39.5 Å². The van der Waals surface area contributed by atoms with Gasteiger partial charge in [0.05, 0.1) is 14.2 Å². The number of rotatable bonds is 4. The molecule has 0 fully saturated rings. The van der Waals surface area contributed by atoms with Gasteiger partial charge < -0.3 is 29.6 Å². The Morgan fingerprint density at radius 3 is 2.29 bits per heavy atom. The molecule has 1 radical (unpaired) electrons. The molecule has 2 rings (SSSR count). The summed E-state index contributed by atoms with van der Waals surface area (Å²) in [6, 6.07) is 8.46. The number of hydrogen-bond donors (Lipinski definition) is 0. The summed E-state index contributed by atoms with van der Waals surface area (Å²) in [6.45, 7) is 8.89. The molecule has 0 bridgehead atoms. The molecule has 1 aliphatic rings. The van der Waals surface area contributed by atoms with Gasteiger partial charge in [0.2, 0.25) is 0 Å². The van der Waals surface area contributed by atoms with Crippen LogP contribution in [0.15, 0.2) is 41.6 Å². The van der Waals surface area contributed by atoms with Crippen molar-refractivity contribution in [2.24, 2.45) is 0 Å².